The molecule has 0 bridgehead atoms. The number of furan rings is 1. The molecule has 14 aromatic rings. The normalized spacial score (nSPS) is 11.7. The number of para-hydroxylation sites is 1. The molecule has 0 atom stereocenters. The minimum Gasteiger partial charge on any atom is -0.456 e. The average Bonchev–Trinajstić information content (AvgIpc) is 4.11. The number of thiophene rings is 1. The Morgan fingerprint density at radius 1 is 0.295 bits per heavy atom. The molecule has 0 spiro atoms. The number of fused-ring (bicyclic) bond motifs is 7. The number of aryl methyl sites for hydroxylation is 2. The molecule has 2 heterocycles. The molecule has 78 heavy (non-hydrogen) atoms. The summed E-state index contributed by atoms with van der Waals surface area (Å²) in [5, 5.41) is 7.31. The predicted octanol–water partition coefficient (Wildman–Crippen LogP) is 21.8. The van der Waals surface area contributed by atoms with Crippen molar-refractivity contribution < 1.29 is 4.42 Å². The quantitative estimate of drug-likeness (QED) is 0.120. The Hall–Kier alpha value is -9.74. The fourth-order valence-electron chi connectivity index (χ4n) is 11.0. The van der Waals surface area contributed by atoms with Gasteiger partial charge in [0.2, 0.25) is 0 Å². The highest BCUT2D eigenvalue weighted by atomic mass is 32.1. The van der Waals surface area contributed by atoms with Crippen LogP contribution in [0.2, 0.25) is 0 Å². The molecule has 4 heteroatoms. The van der Waals surface area contributed by atoms with Gasteiger partial charge in [0.05, 0.1) is 0 Å². The first-order valence-corrected chi connectivity index (χ1v) is 27.4. The highest BCUT2D eigenvalue weighted by molar-refractivity contribution is 7.25. The molecular weight excluding hydrogens is 965 g/mol. The van der Waals surface area contributed by atoms with E-state index < -0.39 is 0 Å². The molecule has 12 aromatic carbocycles. The summed E-state index contributed by atoms with van der Waals surface area (Å²) in [6.07, 6.45) is 4.39. The van der Waals surface area contributed by atoms with E-state index in [0.717, 1.165) is 67.2 Å². The van der Waals surface area contributed by atoms with Gasteiger partial charge in [-0.1, -0.05) is 175 Å². The first-order chi connectivity index (χ1) is 38.4. The maximum Gasteiger partial charge on any atom is 0.135 e. The van der Waals surface area contributed by atoms with E-state index in [1.54, 1.807) is 0 Å². The van der Waals surface area contributed by atoms with Gasteiger partial charge in [-0.05, 0) is 184 Å². The number of hydrogen-bond donors (Lipinski definition) is 0. The van der Waals surface area contributed by atoms with Crippen LogP contribution in [0.3, 0.4) is 0 Å². The molecule has 0 saturated heterocycles. The molecule has 14 rings (SSSR count). The van der Waals surface area contributed by atoms with Gasteiger partial charge >= 0.3 is 0 Å². The largest absolute Gasteiger partial charge is 0.456 e. The molecule has 0 aliphatic rings. The molecule has 0 saturated carbocycles. The maximum atomic E-state index is 6.12. The van der Waals surface area contributed by atoms with Gasteiger partial charge in [-0.15, -0.1) is 11.3 Å². The van der Waals surface area contributed by atoms with Gasteiger partial charge in [0.25, 0.3) is 0 Å². The Balaban J connectivity index is 0.695. The van der Waals surface area contributed by atoms with Gasteiger partial charge in [-0.25, -0.2) is 0 Å². The van der Waals surface area contributed by atoms with Crippen molar-refractivity contribution in [3.63, 3.8) is 0 Å². The zero-order valence-electron chi connectivity index (χ0n) is 43.3. The van der Waals surface area contributed by atoms with Crippen LogP contribution in [-0.2, 0) is 0 Å². The summed E-state index contributed by atoms with van der Waals surface area (Å²) < 4.78 is 8.78. The predicted molar refractivity (Wildman–Crippen MR) is 335 cm³/mol. The zero-order valence-corrected chi connectivity index (χ0v) is 44.1. The van der Waals surface area contributed by atoms with Crippen molar-refractivity contribution >= 4 is 110 Å². The second-order valence-electron chi connectivity index (χ2n) is 20.3. The van der Waals surface area contributed by atoms with E-state index in [0.29, 0.717) is 0 Å². The summed E-state index contributed by atoms with van der Waals surface area (Å²) >= 11 is 1.86. The van der Waals surface area contributed by atoms with Gasteiger partial charge in [-0.3, -0.25) is 0 Å². The van der Waals surface area contributed by atoms with E-state index in [4.69, 9.17) is 4.42 Å². The fraction of sp³-hybridized carbons (Fsp3) is 0.0270. The molecule has 2 aromatic heterocycles. The Kier molecular flexibility index (Phi) is 11.8. The molecule has 0 amide bonds. The van der Waals surface area contributed by atoms with Crippen LogP contribution in [0.15, 0.2) is 271 Å². The highest BCUT2D eigenvalue weighted by Gasteiger charge is 2.17. The minimum atomic E-state index is 0.910. The third-order valence-electron chi connectivity index (χ3n) is 15.2. The molecule has 0 N–H and O–H groups in total. The van der Waals surface area contributed by atoms with Crippen LogP contribution in [0.4, 0.5) is 34.1 Å². The molecule has 0 aliphatic carbocycles. The molecule has 370 valence electrons. The Bertz CT molecular complexity index is 4530. The van der Waals surface area contributed by atoms with Crippen molar-refractivity contribution in [2.45, 2.75) is 13.8 Å². The van der Waals surface area contributed by atoms with Gasteiger partial charge in [0.1, 0.15) is 11.2 Å². The maximum absolute atomic E-state index is 6.12. The smallest absolute Gasteiger partial charge is 0.135 e. The van der Waals surface area contributed by atoms with Crippen molar-refractivity contribution in [3.05, 3.63) is 289 Å². The Labute approximate surface area is 458 Å². The second-order valence-corrected chi connectivity index (χ2v) is 21.4. The molecule has 0 radical (unpaired) electrons. The van der Waals surface area contributed by atoms with E-state index in [9.17, 15) is 0 Å². The number of hydrogen-bond acceptors (Lipinski definition) is 4. The van der Waals surface area contributed by atoms with Crippen LogP contribution >= 0.6 is 11.3 Å². The van der Waals surface area contributed by atoms with Crippen LogP contribution in [0.5, 0.6) is 0 Å². The van der Waals surface area contributed by atoms with Gasteiger partial charge in [0, 0.05) is 65.1 Å². The Morgan fingerprint density at radius 2 is 0.692 bits per heavy atom. The summed E-state index contributed by atoms with van der Waals surface area (Å²) in [7, 11) is 0. The number of rotatable bonds is 11. The van der Waals surface area contributed by atoms with Crippen LogP contribution in [-0.4, -0.2) is 0 Å². The third kappa shape index (κ3) is 8.98. The number of anilines is 6. The third-order valence-corrected chi connectivity index (χ3v) is 16.4. The van der Waals surface area contributed by atoms with E-state index in [1.807, 2.05) is 23.5 Å². The van der Waals surface area contributed by atoms with E-state index in [-0.39, 0.29) is 0 Å². The lowest BCUT2D eigenvalue weighted by atomic mass is 9.99. The van der Waals surface area contributed by atoms with Crippen LogP contribution in [0, 0.1) is 13.8 Å². The summed E-state index contributed by atoms with van der Waals surface area (Å²) in [5.74, 6) is 0. The molecule has 3 nitrogen and oxygen atoms in total. The van der Waals surface area contributed by atoms with Crippen LogP contribution in [0.25, 0.3) is 98.4 Å². The van der Waals surface area contributed by atoms with E-state index in [2.05, 4.69) is 291 Å². The fourth-order valence-corrected chi connectivity index (χ4v) is 12.1. The van der Waals surface area contributed by atoms with Crippen molar-refractivity contribution in [1.29, 1.82) is 0 Å². The molecule has 0 fully saturated rings. The lowest BCUT2D eigenvalue weighted by Crippen LogP contribution is -2.10. The van der Waals surface area contributed by atoms with Crippen LogP contribution < -0.4 is 9.80 Å². The minimum absolute atomic E-state index is 0.910. The summed E-state index contributed by atoms with van der Waals surface area (Å²) in [6.45, 7) is 4.27. The van der Waals surface area contributed by atoms with Crippen molar-refractivity contribution in [2.24, 2.45) is 0 Å². The van der Waals surface area contributed by atoms with E-state index >= 15 is 0 Å². The first kappa shape index (κ1) is 46.8. The number of nitrogens with zero attached hydrogens (tertiary/aromatic N) is 2. The monoisotopic (exact) mass is 1020 g/mol. The SMILES string of the molecule is Cc1ccc(N(c2ccc(/C=C/c3ccc(N(c4ccc(C)cc4)c4ccc5cc(-c6ccc7oc8ccccc8c7c6)ccc5c4)cc3)cc2)c2ccc(-c3ccc(-c4ccc5sc6ccccc6c5c4)cc3)cc2)cc1. The zero-order chi connectivity index (χ0) is 52.1. The molecular formula is C74H52N2OS. The highest BCUT2D eigenvalue weighted by Crippen LogP contribution is 2.41. The lowest BCUT2D eigenvalue weighted by Gasteiger charge is -2.26. The van der Waals surface area contributed by atoms with Crippen LogP contribution in [0.1, 0.15) is 22.3 Å². The Morgan fingerprint density at radius 3 is 1.33 bits per heavy atom. The topological polar surface area (TPSA) is 19.6 Å². The molecule has 0 unspecified atom stereocenters. The van der Waals surface area contributed by atoms with Gasteiger partial charge < -0.3 is 14.2 Å². The molecule has 0 aliphatic heterocycles. The standard InChI is InChI=1S/C74H52N2OS/c1-49-11-32-61(33-12-49)75(65-40-27-54(28-41-65)53-21-23-55(24-22-53)59-31-44-74-70(48-59)68-8-4-6-10-73(68)78-74)63-36-17-51(18-37-63)15-16-52-19-38-64(39-20-52)76(62-34-13-50(2)14-35-62)66-42-29-57-45-56(25-26-58(57)46-66)60-30-43-72-69(47-60)67-7-3-5-9-71(67)77-72/h3-48H,1-2H3/b16-15+. The van der Waals surface area contributed by atoms with Crippen molar-refractivity contribution in [3.8, 4) is 33.4 Å². The van der Waals surface area contributed by atoms with Crippen molar-refractivity contribution in [1.82, 2.24) is 0 Å². The van der Waals surface area contributed by atoms with Gasteiger partial charge in [0.15, 0.2) is 0 Å². The summed E-state index contributed by atoms with van der Waals surface area (Å²) in [6, 6.07) is 97.0. The average molecular weight is 1020 g/mol. The number of benzene rings is 12. The second kappa shape index (κ2) is 19.8. The lowest BCUT2D eigenvalue weighted by molar-refractivity contribution is 0.669. The van der Waals surface area contributed by atoms with Crippen molar-refractivity contribution in [2.75, 3.05) is 9.80 Å². The first-order valence-electron chi connectivity index (χ1n) is 26.6. The summed E-state index contributed by atoms with van der Waals surface area (Å²) in [5.41, 5.74) is 20.4. The van der Waals surface area contributed by atoms with E-state index in [1.165, 1.54) is 75.5 Å². The van der Waals surface area contributed by atoms with Gasteiger partial charge in [-0.2, -0.15) is 0 Å². The summed E-state index contributed by atoms with van der Waals surface area (Å²) in [4.78, 5) is 4.68.